The van der Waals surface area contributed by atoms with Crippen LogP contribution in [-0.4, -0.2) is 54.9 Å². The molecule has 2 aromatic rings. The molecule has 2 amide bonds. The third-order valence-corrected chi connectivity index (χ3v) is 4.77. The van der Waals surface area contributed by atoms with Crippen molar-refractivity contribution in [1.29, 1.82) is 0 Å². The topological polar surface area (TPSA) is 49.9 Å². The van der Waals surface area contributed by atoms with Gasteiger partial charge in [0.1, 0.15) is 11.6 Å². The number of nitrogens with zero attached hydrogens (tertiary/aromatic N) is 2. The summed E-state index contributed by atoms with van der Waals surface area (Å²) in [6.07, 6.45) is 0.0762. The van der Waals surface area contributed by atoms with Crippen LogP contribution in [0.3, 0.4) is 0 Å². The van der Waals surface area contributed by atoms with Crippen LogP contribution >= 0.6 is 0 Å². The Labute approximate surface area is 158 Å². The maximum atomic E-state index is 13.5. The van der Waals surface area contributed by atoms with Crippen LogP contribution in [0.4, 0.5) is 4.39 Å². The Bertz CT molecular complexity index is 845. The van der Waals surface area contributed by atoms with Gasteiger partial charge in [-0.15, -0.1) is 0 Å². The van der Waals surface area contributed by atoms with E-state index in [1.807, 2.05) is 31.2 Å². The van der Waals surface area contributed by atoms with E-state index in [0.717, 1.165) is 5.56 Å². The average Bonchev–Trinajstić information content (AvgIpc) is 2.67. The molecule has 1 saturated heterocycles. The Balaban J connectivity index is 1.60. The van der Waals surface area contributed by atoms with Crippen molar-refractivity contribution < 1.29 is 18.7 Å². The van der Waals surface area contributed by atoms with Crippen LogP contribution in [0.25, 0.3) is 0 Å². The third kappa shape index (κ3) is 4.45. The number of hydrogen-bond donors (Lipinski definition) is 0. The van der Waals surface area contributed by atoms with Gasteiger partial charge in [0.15, 0.2) is 0 Å². The van der Waals surface area contributed by atoms with Gasteiger partial charge >= 0.3 is 0 Å². The maximum Gasteiger partial charge on any atom is 0.253 e. The second-order valence-corrected chi connectivity index (χ2v) is 6.68. The van der Waals surface area contributed by atoms with E-state index in [2.05, 4.69) is 0 Å². The predicted molar refractivity (Wildman–Crippen MR) is 100 cm³/mol. The second kappa shape index (κ2) is 8.20. The molecule has 0 bridgehead atoms. The van der Waals surface area contributed by atoms with Crippen molar-refractivity contribution >= 4 is 11.8 Å². The number of amides is 2. The maximum absolute atomic E-state index is 13.5. The molecule has 0 saturated carbocycles. The zero-order chi connectivity index (χ0) is 19.4. The van der Waals surface area contributed by atoms with Gasteiger partial charge in [0, 0.05) is 37.3 Å². The highest BCUT2D eigenvalue weighted by atomic mass is 19.1. The summed E-state index contributed by atoms with van der Waals surface area (Å²) >= 11 is 0. The molecule has 0 unspecified atom stereocenters. The van der Waals surface area contributed by atoms with Crippen LogP contribution in [-0.2, 0) is 11.2 Å². The minimum atomic E-state index is -0.396. The monoisotopic (exact) mass is 370 g/mol. The summed E-state index contributed by atoms with van der Waals surface area (Å²) < 4.78 is 18.7. The Hall–Kier alpha value is -2.89. The number of benzene rings is 2. The lowest BCUT2D eigenvalue weighted by molar-refractivity contribution is -0.131. The number of halogens is 1. The molecule has 0 aliphatic carbocycles. The molecule has 0 radical (unpaired) electrons. The highest BCUT2D eigenvalue weighted by Crippen LogP contribution is 2.21. The number of rotatable bonds is 4. The summed E-state index contributed by atoms with van der Waals surface area (Å²) in [5.74, 6) is -0.00988. The van der Waals surface area contributed by atoms with E-state index < -0.39 is 5.82 Å². The van der Waals surface area contributed by atoms with Crippen molar-refractivity contribution in [2.75, 3.05) is 33.3 Å². The smallest absolute Gasteiger partial charge is 0.253 e. The van der Waals surface area contributed by atoms with Gasteiger partial charge in [-0.05, 0) is 37.3 Å². The van der Waals surface area contributed by atoms with Crippen LogP contribution < -0.4 is 4.74 Å². The molecule has 142 valence electrons. The first-order valence-electron chi connectivity index (χ1n) is 8.94. The fraction of sp³-hybridized carbons (Fsp3) is 0.333. The van der Waals surface area contributed by atoms with Crippen LogP contribution in [0.5, 0.6) is 5.75 Å². The first kappa shape index (κ1) is 18.9. The molecule has 2 aromatic carbocycles. The fourth-order valence-electron chi connectivity index (χ4n) is 3.28. The number of methoxy groups -OCH3 is 1. The molecular formula is C21H23FN2O3. The van der Waals surface area contributed by atoms with Crippen molar-refractivity contribution in [3.8, 4) is 5.75 Å². The molecule has 1 aliphatic rings. The van der Waals surface area contributed by atoms with Crippen molar-refractivity contribution in [2.24, 2.45) is 0 Å². The normalized spacial score (nSPS) is 14.2. The molecule has 0 N–H and O–H groups in total. The van der Waals surface area contributed by atoms with Crippen LogP contribution in [0.2, 0.25) is 0 Å². The summed E-state index contributed by atoms with van der Waals surface area (Å²) in [6.45, 7) is 3.85. The van der Waals surface area contributed by atoms with E-state index in [1.54, 1.807) is 9.80 Å². The Morgan fingerprint density at radius 3 is 2.41 bits per heavy atom. The van der Waals surface area contributed by atoms with Crippen LogP contribution in [0.15, 0.2) is 42.5 Å². The summed E-state index contributed by atoms with van der Waals surface area (Å²) in [5.41, 5.74) is 2.23. The molecule has 0 atom stereocenters. The van der Waals surface area contributed by atoms with E-state index in [4.69, 9.17) is 4.74 Å². The number of hydrogen-bond acceptors (Lipinski definition) is 3. The Morgan fingerprint density at radius 1 is 1.04 bits per heavy atom. The molecule has 6 heteroatoms. The average molecular weight is 370 g/mol. The lowest BCUT2D eigenvalue weighted by Crippen LogP contribution is -2.51. The third-order valence-electron chi connectivity index (χ3n) is 4.77. The molecule has 1 aliphatic heterocycles. The molecule has 1 heterocycles. The van der Waals surface area contributed by atoms with E-state index in [-0.39, 0.29) is 18.2 Å². The van der Waals surface area contributed by atoms with Gasteiger partial charge in [0.05, 0.1) is 13.5 Å². The van der Waals surface area contributed by atoms with Crippen molar-refractivity contribution in [3.05, 3.63) is 65.0 Å². The molecule has 0 spiro atoms. The zero-order valence-corrected chi connectivity index (χ0v) is 15.6. The molecule has 5 nitrogen and oxygen atoms in total. The van der Waals surface area contributed by atoms with Crippen molar-refractivity contribution in [1.82, 2.24) is 9.80 Å². The standard InChI is InChI=1S/C21H23FN2O3/c1-15-4-3-5-16(12-15)21(26)24-10-8-23(9-11-24)20(25)14-17-13-18(22)6-7-19(17)27-2/h3-7,12-13H,8-11,14H2,1-2H3. The molecule has 1 fully saturated rings. The number of aryl methyl sites for hydroxylation is 1. The van der Waals surface area contributed by atoms with Gasteiger partial charge in [-0.25, -0.2) is 4.39 Å². The number of piperazine rings is 1. The van der Waals surface area contributed by atoms with Crippen molar-refractivity contribution in [2.45, 2.75) is 13.3 Å². The number of carbonyl (C=O) groups excluding carboxylic acids is 2. The minimum absolute atomic E-state index is 0.0161. The Morgan fingerprint density at radius 2 is 1.74 bits per heavy atom. The van der Waals surface area contributed by atoms with Crippen LogP contribution in [0, 0.1) is 12.7 Å². The molecule has 3 rings (SSSR count). The van der Waals surface area contributed by atoms with Gasteiger partial charge in [-0.2, -0.15) is 0 Å². The van der Waals surface area contributed by atoms with Crippen molar-refractivity contribution in [3.63, 3.8) is 0 Å². The van der Waals surface area contributed by atoms with E-state index in [0.29, 0.717) is 43.1 Å². The Kier molecular flexibility index (Phi) is 5.74. The second-order valence-electron chi connectivity index (χ2n) is 6.68. The first-order chi connectivity index (χ1) is 13.0. The highest BCUT2D eigenvalue weighted by Gasteiger charge is 2.25. The van der Waals surface area contributed by atoms with E-state index >= 15 is 0 Å². The molecule has 27 heavy (non-hydrogen) atoms. The van der Waals surface area contributed by atoms with E-state index in [9.17, 15) is 14.0 Å². The lowest BCUT2D eigenvalue weighted by Gasteiger charge is -2.35. The van der Waals surface area contributed by atoms with Gasteiger partial charge < -0.3 is 14.5 Å². The summed E-state index contributed by atoms with van der Waals surface area (Å²) in [5, 5.41) is 0. The number of ether oxygens (including phenoxy) is 1. The molecule has 0 aromatic heterocycles. The number of carbonyl (C=O) groups is 2. The van der Waals surface area contributed by atoms with Gasteiger partial charge in [-0.3, -0.25) is 9.59 Å². The lowest BCUT2D eigenvalue weighted by atomic mass is 10.1. The summed E-state index contributed by atoms with van der Waals surface area (Å²) in [4.78, 5) is 28.7. The SMILES string of the molecule is COc1ccc(F)cc1CC(=O)N1CCN(C(=O)c2cccc(C)c2)CC1. The quantitative estimate of drug-likeness (QED) is 0.831. The molecular weight excluding hydrogens is 347 g/mol. The minimum Gasteiger partial charge on any atom is -0.496 e. The first-order valence-corrected chi connectivity index (χ1v) is 8.94. The van der Waals surface area contributed by atoms with Gasteiger partial charge in [0.25, 0.3) is 5.91 Å². The largest absolute Gasteiger partial charge is 0.496 e. The highest BCUT2D eigenvalue weighted by molar-refractivity contribution is 5.94. The predicted octanol–water partition coefficient (Wildman–Crippen LogP) is 2.67. The summed E-state index contributed by atoms with van der Waals surface area (Å²) in [7, 11) is 1.50. The van der Waals surface area contributed by atoms with E-state index in [1.165, 1.54) is 25.3 Å². The van der Waals surface area contributed by atoms with Gasteiger partial charge in [0.2, 0.25) is 5.91 Å². The van der Waals surface area contributed by atoms with Crippen LogP contribution in [0.1, 0.15) is 21.5 Å². The van der Waals surface area contributed by atoms with Gasteiger partial charge in [-0.1, -0.05) is 17.7 Å². The zero-order valence-electron chi connectivity index (χ0n) is 15.6. The summed E-state index contributed by atoms with van der Waals surface area (Å²) in [6, 6.07) is 11.7. The fourth-order valence-corrected chi connectivity index (χ4v) is 3.28.